The van der Waals surface area contributed by atoms with Crippen molar-refractivity contribution in [3.8, 4) is 0 Å². The molecule has 6 heteroatoms. The number of benzene rings is 1. The van der Waals surface area contributed by atoms with Gasteiger partial charge in [0, 0.05) is 30.8 Å². The normalized spacial score (nSPS) is 15.9. The summed E-state index contributed by atoms with van der Waals surface area (Å²) < 4.78 is 6.95. The van der Waals surface area contributed by atoms with Crippen LogP contribution in [0.5, 0.6) is 0 Å². The number of ether oxygens (including phenoxy) is 1. The Morgan fingerprint density at radius 2 is 2.29 bits per heavy atom. The van der Waals surface area contributed by atoms with Gasteiger partial charge in [-0.15, -0.1) is 0 Å². The lowest BCUT2D eigenvalue weighted by Gasteiger charge is -2.18. The third kappa shape index (κ3) is 2.69. The molecule has 110 valence electrons. The molecule has 0 spiro atoms. The Labute approximate surface area is 123 Å². The topological polar surface area (TPSA) is 59.4 Å². The van der Waals surface area contributed by atoms with Crippen molar-refractivity contribution in [1.82, 2.24) is 9.55 Å². The number of imidazole rings is 1. The number of rotatable bonds is 4. The summed E-state index contributed by atoms with van der Waals surface area (Å²) in [4.78, 5) is 17.6. The van der Waals surface area contributed by atoms with Gasteiger partial charge < -0.3 is 14.6 Å². The Bertz CT molecular complexity index is 653. The zero-order valence-electron chi connectivity index (χ0n) is 12.1. The molecule has 1 atom stereocenters. The number of cyclic esters (lactones) is 1. The van der Waals surface area contributed by atoms with Crippen LogP contribution in [0.3, 0.4) is 0 Å². The number of carbonyl (C=O) groups excluding carboxylic acids is 1. The minimum absolute atomic E-state index is 0.0748. The highest BCUT2D eigenvalue weighted by Crippen LogP contribution is 2.24. The summed E-state index contributed by atoms with van der Waals surface area (Å²) in [5, 5.41) is 3.40. The van der Waals surface area contributed by atoms with Gasteiger partial charge >= 0.3 is 6.09 Å². The Hall–Kier alpha value is -2.50. The molecule has 21 heavy (non-hydrogen) atoms. The van der Waals surface area contributed by atoms with Crippen LogP contribution in [0.1, 0.15) is 18.8 Å². The van der Waals surface area contributed by atoms with E-state index in [0.29, 0.717) is 13.2 Å². The third-order valence-corrected chi connectivity index (χ3v) is 3.55. The average molecular weight is 286 g/mol. The number of nitrogens with zero attached hydrogens (tertiary/aromatic N) is 3. The van der Waals surface area contributed by atoms with Crippen molar-refractivity contribution in [2.45, 2.75) is 13.0 Å². The molecule has 0 bridgehead atoms. The third-order valence-electron chi connectivity index (χ3n) is 3.55. The van der Waals surface area contributed by atoms with E-state index in [0.717, 1.165) is 17.2 Å². The van der Waals surface area contributed by atoms with Crippen LogP contribution in [-0.2, 0) is 11.8 Å². The second-order valence-electron chi connectivity index (χ2n) is 5.08. The lowest BCUT2D eigenvalue weighted by atomic mass is 10.2. The van der Waals surface area contributed by atoms with Crippen molar-refractivity contribution >= 4 is 17.5 Å². The summed E-state index contributed by atoms with van der Waals surface area (Å²) in [7, 11) is 1.97. The first kappa shape index (κ1) is 13.5. The van der Waals surface area contributed by atoms with Gasteiger partial charge in [-0.05, 0) is 25.1 Å². The van der Waals surface area contributed by atoms with Gasteiger partial charge in [-0.1, -0.05) is 6.07 Å². The number of nitrogens with one attached hydrogen (secondary N) is 1. The predicted octanol–water partition coefficient (Wildman–Crippen LogP) is 2.55. The number of carbonyl (C=O) groups is 1. The Kier molecular flexibility index (Phi) is 3.51. The summed E-state index contributed by atoms with van der Waals surface area (Å²) in [6.07, 6.45) is 3.42. The molecule has 6 nitrogen and oxygen atoms in total. The smallest absolute Gasteiger partial charge is 0.414 e. The van der Waals surface area contributed by atoms with Crippen LogP contribution in [0.4, 0.5) is 16.2 Å². The molecule has 0 saturated carbocycles. The average Bonchev–Trinajstić information content (AvgIpc) is 3.07. The highest BCUT2D eigenvalue weighted by atomic mass is 16.6. The minimum Gasteiger partial charge on any atom is -0.447 e. The summed E-state index contributed by atoms with van der Waals surface area (Å²) in [6.45, 7) is 3.09. The van der Waals surface area contributed by atoms with Gasteiger partial charge in [-0.3, -0.25) is 4.90 Å². The first-order valence-corrected chi connectivity index (χ1v) is 6.93. The van der Waals surface area contributed by atoms with Crippen LogP contribution in [0.25, 0.3) is 0 Å². The molecular weight excluding hydrogens is 268 g/mol. The number of amides is 1. The molecule has 2 aromatic rings. The molecule has 1 saturated heterocycles. The van der Waals surface area contributed by atoms with Crippen molar-refractivity contribution in [3.63, 3.8) is 0 Å². The first-order chi connectivity index (χ1) is 10.1. The van der Waals surface area contributed by atoms with Gasteiger partial charge in [-0.25, -0.2) is 9.78 Å². The molecule has 0 aliphatic carbocycles. The quantitative estimate of drug-likeness (QED) is 0.938. The number of hydrogen-bond acceptors (Lipinski definition) is 4. The minimum atomic E-state index is -0.288. The van der Waals surface area contributed by atoms with E-state index in [2.05, 4.69) is 17.2 Å². The lowest BCUT2D eigenvalue weighted by molar-refractivity contribution is 0.181. The van der Waals surface area contributed by atoms with E-state index in [9.17, 15) is 4.79 Å². The van der Waals surface area contributed by atoms with E-state index in [-0.39, 0.29) is 12.1 Å². The molecule has 3 rings (SSSR count). The maximum absolute atomic E-state index is 11.6. The van der Waals surface area contributed by atoms with Crippen LogP contribution in [0.2, 0.25) is 0 Å². The maximum atomic E-state index is 11.6. The second kappa shape index (κ2) is 5.47. The summed E-state index contributed by atoms with van der Waals surface area (Å²) in [6, 6.07) is 7.83. The van der Waals surface area contributed by atoms with Crippen LogP contribution in [0.15, 0.2) is 36.7 Å². The van der Waals surface area contributed by atoms with Gasteiger partial charge in [0.05, 0.1) is 12.6 Å². The number of aryl methyl sites for hydroxylation is 1. The van der Waals surface area contributed by atoms with Crippen LogP contribution < -0.4 is 10.2 Å². The van der Waals surface area contributed by atoms with Crippen molar-refractivity contribution < 1.29 is 9.53 Å². The van der Waals surface area contributed by atoms with Crippen LogP contribution in [0, 0.1) is 0 Å². The summed E-state index contributed by atoms with van der Waals surface area (Å²) in [5.74, 6) is 0.959. The zero-order valence-corrected chi connectivity index (χ0v) is 12.1. The maximum Gasteiger partial charge on any atom is 0.414 e. The van der Waals surface area contributed by atoms with Crippen LogP contribution >= 0.6 is 0 Å². The van der Waals surface area contributed by atoms with Gasteiger partial charge in [-0.2, -0.15) is 0 Å². The predicted molar refractivity (Wildman–Crippen MR) is 80.4 cm³/mol. The fourth-order valence-electron chi connectivity index (χ4n) is 2.50. The Morgan fingerprint density at radius 3 is 2.95 bits per heavy atom. The monoisotopic (exact) mass is 286 g/mol. The molecule has 1 aliphatic rings. The highest BCUT2D eigenvalue weighted by Gasteiger charge is 2.23. The van der Waals surface area contributed by atoms with Crippen molar-refractivity contribution in [1.29, 1.82) is 0 Å². The molecular formula is C15H18N4O2. The molecule has 1 amide bonds. The Balaban J connectivity index is 1.77. The molecule has 0 radical (unpaired) electrons. The van der Waals surface area contributed by atoms with Gasteiger partial charge in [0.25, 0.3) is 0 Å². The fourth-order valence-corrected chi connectivity index (χ4v) is 2.50. The SMILES string of the molecule is CC(Nc1cccc(N2CCOC2=O)c1)c1nccn1C. The molecule has 1 aliphatic heterocycles. The van der Waals surface area contributed by atoms with E-state index in [4.69, 9.17) is 4.74 Å². The van der Waals surface area contributed by atoms with E-state index in [1.54, 1.807) is 11.1 Å². The van der Waals surface area contributed by atoms with Gasteiger partial charge in [0.1, 0.15) is 12.4 Å². The van der Waals surface area contributed by atoms with E-state index < -0.39 is 0 Å². The van der Waals surface area contributed by atoms with E-state index >= 15 is 0 Å². The van der Waals surface area contributed by atoms with Crippen molar-refractivity contribution in [2.24, 2.45) is 7.05 Å². The van der Waals surface area contributed by atoms with Crippen molar-refractivity contribution in [3.05, 3.63) is 42.5 Å². The molecule has 1 aromatic carbocycles. The molecule has 1 fully saturated rings. The van der Waals surface area contributed by atoms with Crippen LogP contribution in [-0.4, -0.2) is 28.8 Å². The molecule has 1 aromatic heterocycles. The van der Waals surface area contributed by atoms with E-state index in [1.165, 1.54) is 0 Å². The van der Waals surface area contributed by atoms with Crippen molar-refractivity contribution in [2.75, 3.05) is 23.4 Å². The molecule has 2 heterocycles. The number of hydrogen-bond donors (Lipinski definition) is 1. The lowest BCUT2D eigenvalue weighted by Crippen LogP contribution is -2.23. The fraction of sp³-hybridized carbons (Fsp3) is 0.333. The van der Waals surface area contributed by atoms with Gasteiger partial charge in [0.15, 0.2) is 0 Å². The summed E-state index contributed by atoms with van der Waals surface area (Å²) in [5.41, 5.74) is 1.79. The summed E-state index contributed by atoms with van der Waals surface area (Å²) >= 11 is 0. The molecule has 1 N–H and O–H groups in total. The largest absolute Gasteiger partial charge is 0.447 e. The first-order valence-electron chi connectivity index (χ1n) is 6.93. The standard InChI is InChI=1S/C15H18N4O2/c1-11(14-16-6-7-18(14)2)17-12-4-3-5-13(10-12)19-8-9-21-15(19)20/h3-7,10-11,17H,8-9H2,1-2H3. The van der Waals surface area contributed by atoms with Gasteiger partial charge in [0.2, 0.25) is 0 Å². The number of anilines is 2. The Morgan fingerprint density at radius 1 is 1.43 bits per heavy atom. The molecule has 1 unspecified atom stereocenters. The zero-order chi connectivity index (χ0) is 14.8. The van der Waals surface area contributed by atoms with E-state index in [1.807, 2.05) is 42.1 Å². The second-order valence-corrected chi connectivity index (χ2v) is 5.08. The number of aromatic nitrogens is 2. The highest BCUT2D eigenvalue weighted by molar-refractivity contribution is 5.89.